The number of carbonyl (C=O) groups is 1. The Morgan fingerprint density at radius 3 is 2.48 bits per heavy atom. The second kappa shape index (κ2) is 12.1. The van der Waals surface area contributed by atoms with Crippen LogP contribution in [0.5, 0.6) is 5.75 Å². The zero-order valence-corrected chi connectivity index (χ0v) is 18.8. The number of halogens is 3. The van der Waals surface area contributed by atoms with Gasteiger partial charge in [-0.05, 0) is 61.7 Å². The number of rotatable bonds is 6. The minimum Gasteiger partial charge on any atom is -0.492 e. The molecule has 0 aliphatic carbocycles. The van der Waals surface area contributed by atoms with Crippen LogP contribution in [0.2, 0.25) is 5.02 Å². The van der Waals surface area contributed by atoms with E-state index in [0.717, 1.165) is 43.8 Å². The topological polar surface area (TPSA) is 67.6 Å². The third-order valence-electron chi connectivity index (χ3n) is 4.92. The van der Waals surface area contributed by atoms with E-state index in [1.54, 1.807) is 6.07 Å². The summed E-state index contributed by atoms with van der Waals surface area (Å²) in [6.45, 7) is 5.34. The molecule has 0 saturated carbocycles. The molecule has 1 fully saturated rings. The molecular weight excluding hydrogens is 433 g/mol. The van der Waals surface area contributed by atoms with E-state index in [1.807, 2.05) is 43.3 Å². The second-order valence-corrected chi connectivity index (χ2v) is 7.40. The molecule has 1 aliphatic rings. The molecule has 2 aromatic carbocycles. The van der Waals surface area contributed by atoms with Crippen LogP contribution >= 0.6 is 36.4 Å². The summed E-state index contributed by atoms with van der Waals surface area (Å²) in [5, 5.41) is 3.85. The maximum Gasteiger partial charge on any atom is 0.251 e. The fraction of sp³-hybridized carbons (Fsp3) is 0.381. The van der Waals surface area contributed by atoms with Crippen LogP contribution in [-0.4, -0.2) is 43.1 Å². The molecule has 1 aliphatic heterocycles. The van der Waals surface area contributed by atoms with E-state index in [2.05, 4.69) is 10.2 Å². The molecule has 1 amide bonds. The van der Waals surface area contributed by atoms with E-state index >= 15 is 0 Å². The van der Waals surface area contributed by atoms with Crippen LogP contribution in [0.3, 0.4) is 0 Å². The predicted molar refractivity (Wildman–Crippen MR) is 124 cm³/mol. The summed E-state index contributed by atoms with van der Waals surface area (Å²) in [6.07, 6.45) is 1.88. The lowest BCUT2D eigenvalue weighted by molar-refractivity contribution is 0.0905. The summed E-state index contributed by atoms with van der Waals surface area (Å²) in [7, 11) is 0. The Labute approximate surface area is 189 Å². The minimum absolute atomic E-state index is 0. The number of aryl methyl sites for hydroxylation is 1. The van der Waals surface area contributed by atoms with E-state index < -0.39 is 0 Å². The van der Waals surface area contributed by atoms with Crippen LogP contribution < -0.4 is 15.8 Å². The lowest BCUT2D eigenvalue weighted by atomic mass is 10.0. The van der Waals surface area contributed by atoms with Gasteiger partial charge in [0.2, 0.25) is 0 Å². The third-order valence-corrected chi connectivity index (χ3v) is 5.17. The zero-order valence-electron chi connectivity index (χ0n) is 16.4. The molecule has 8 heteroatoms. The van der Waals surface area contributed by atoms with Gasteiger partial charge in [-0.1, -0.05) is 17.7 Å². The number of ether oxygens (including phenoxy) is 1. The molecule has 0 bridgehead atoms. The molecule has 5 nitrogen and oxygen atoms in total. The van der Waals surface area contributed by atoms with E-state index in [-0.39, 0.29) is 36.8 Å². The molecule has 0 radical (unpaired) electrons. The standard InChI is InChI=1S/C21H26ClN3O2.2ClH/c1-15-2-5-17(23)14-20(15)21(26)24-18-8-10-25(11-9-18)12-13-27-19-6-3-16(22)4-7-19;;/h2-7,14,18H,8-13,23H2,1H3,(H,24,26);2*1H. The van der Waals surface area contributed by atoms with Crippen LogP contribution in [-0.2, 0) is 0 Å². The first kappa shape index (κ1) is 25.4. The van der Waals surface area contributed by atoms with Gasteiger partial charge in [0.15, 0.2) is 0 Å². The van der Waals surface area contributed by atoms with Gasteiger partial charge in [0, 0.05) is 41.9 Å². The Bertz CT molecular complexity index is 779. The normalized spacial score (nSPS) is 14.4. The van der Waals surface area contributed by atoms with E-state index in [4.69, 9.17) is 22.1 Å². The van der Waals surface area contributed by atoms with Crippen LogP contribution in [0.4, 0.5) is 5.69 Å². The SMILES string of the molecule is Cc1ccc(N)cc1C(=O)NC1CCN(CCOc2ccc(Cl)cc2)CC1.Cl.Cl. The van der Waals surface area contributed by atoms with Gasteiger partial charge in [-0.2, -0.15) is 0 Å². The van der Waals surface area contributed by atoms with Crippen LogP contribution in [0.1, 0.15) is 28.8 Å². The van der Waals surface area contributed by atoms with Crippen molar-refractivity contribution in [2.24, 2.45) is 0 Å². The molecule has 2 aromatic rings. The summed E-state index contributed by atoms with van der Waals surface area (Å²) < 4.78 is 5.76. The highest BCUT2D eigenvalue weighted by molar-refractivity contribution is 6.30. The Kier molecular flexibility index (Phi) is 10.6. The molecule has 0 atom stereocenters. The van der Waals surface area contributed by atoms with Crippen molar-refractivity contribution in [2.75, 3.05) is 32.0 Å². The smallest absolute Gasteiger partial charge is 0.251 e. The van der Waals surface area contributed by atoms with E-state index in [9.17, 15) is 4.79 Å². The quantitative estimate of drug-likeness (QED) is 0.629. The van der Waals surface area contributed by atoms with Crippen molar-refractivity contribution in [3.05, 3.63) is 58.6 Å². The number of nitrogens with two attached hydrogens (primary N) is 1. The molecule has 0 spiro atoms. The number of nitrogens with one attached hydrogen (secondary N) is 1. The number of hydrogen-bond acceptors (Lipinski definition) is 4. The lowest BCUT2D eigenvalue weighted by Gasteiger charge is -2.32. The molecular formula is C21H28Cl3N3O2. The molecule has 160 valence electrons. The summed E-state index contributed by atoms with van der Waals surface area (Å²) in [5.74, 6) is 0.795. The lowest BCUT2D eigenvalue weighted by Crippen LogP contribution is -2.45. The first-order valence-electron chi connectivity index (χ1n) is 9.29. The summed E-state index contributed by atoms with van der Waals surface area (Å²) in [5.41, 5.74) is 8.02. The fourth-order valence-corrected chi connectivity index (χ4v) is 3.40. The maximum absolute atomic E-state index is 12.5. The maximum atomic E-state index is 12.5. The van der Waals surface area contributed by atoms with Gasteiger partial charge in [-0.3, -0.25) is 9.69 Å². The third kappa shape index (κ3) is 7.59. The van der Waals surface area contributed by atoms with Gasteiger partial charge >= 0.3 is 0 Å². The summed E-state index contributed by atoms with van der Waals surface area (Å²) in [4.78, 5) is 14.9. The fourth-order valence-electron chi connectivity index (χ4n) is 3.27. The largest absolute Gasteiger partial charge is 0.492 e. The highest BCUT2D eigenvalue weighted by atomic mass is 35.5. The monoisotopic (exact) mass is 459 g/mol. The molecule has 0 unspecified atom stereocenters. The number of anilines is 1. The van der Waals surface area contributed by atoms with Crippen molar-refractivity contribution in [1.29, 1.82) is 0 Å². The Hall–Kier alpha value is -1.66. The Morgan fingerprint density at radius 1 is 1.17 bits per heavy atom. The summed E-state index contributed by atoms with van der Waals surface area (Å²) in [6, 6.07) is 13.1. The van der Waals surface area contributed by atoms with Gasteiger partial charge in [-0.25, -0.2) is 0 Å². The number of nitrogen functional groups attached to an aromatic ring is 1. The number of piperidine rings is 1. The number of amides is 1. The highest BCUT2D eigenvalue weighted by Crippen LogP contribution is 2.17. The highest BCUT2D eigenvalue weighted by Gasteiger charge is 2.21. The van der Waals surface area contributed by atoms with E-state index in [0.29, 0.717) is 22.9 Å². The Morgan fingerprint density at radius 2 is 1.83 bits per heavy atom. The number of carbonyl (C=O) groups excluding carboxylic acids is 1. The average Bonchev–Trinajstić information content (AvgIpc) is 2.66. The van der Waals surface area contributed by atoms with Crippen molar-refractivity contribution in [3.8, 4) is 5.75 Å². The second-order valence-electron chi connectivity index (χ2n) is 6.97. The molecule has 0 aromatic heterocycles. The van der Waals surface area contributed by atoms with Gasteiger partial charge in [0.1, 0.15) is 12.4 Å². The Balaban J connectivity index is 0.00000210. The first-order valence-corrected chi connectivity index (χ1v) is 9.67. The van der Waals surface area contributed by atoms with Crippen molar-refractivity contribution in [1.82, 2.24) is 10.2 Å². The summed E-state index contributed by atoms with van der Waals surface area (Å²) >= 11 is 5.87. The van der Waals surface area contributed by atoms with Crippen molar-refractivity contribution in [2.45, 2.75) is 25.8 Å². The number of benzene rings is 2. The zero-order chi connectivity index (χ0) is 19.2. The van der Waals surface area contributed by atoms with Gasteiger partial charge in [-0.15, -0.1) is 24.8 Å². The van der Waals surface area contributed by atoms with Crippen LogP contribution in [0, 0.1) is 6.92 Å². The molecule has 29 heavy (non-hydrogen) atoms. The first-order chi connectivity index (χ1) is 13.0. The van der Waals surface area contributed by atoms with Crippen LogP contribution in [0.25, 0.3) is 0 Å². The number of likely N-dealkylation sites (tertiary alicyclic amines) is 1. The molecule has 1 saturated heterocycles. The average molecular weight is 461 g/mol. The van der Waals surface area contributed by atoms with Gasteiger partial charge in [0.25, 0.3) is 5.91 Å². The minimum atomic E-state index is -0.0377. The van der Waals surface area contributed by atoms with Crippen molar-refractivity contribution >= 4 is 48.0 Å². The predicted octanol–water partition coefficient (Wildman–Crippen LogP) is 4.35. The number of hydrogen-bond donors (Lipinski definition) is 2. The van der Waals surface area contributed by atoms with E-state index in [1.165, 1.54) is 0 Å². The molecule has 3 N–H and O–H groups in total. The van der Waals surface area contributed by atoms with Crippen molar-refractivity contribution < 1.29 is 9.53 Å². The van der Waals surface area contributed by atoms with Gasteiger partial charge in [0.05, 0.1) is 0 Å². The van der Waals surface area contributed by atoms with Crippen LogP contribution in [0.15, 0.2) is 42.5 Å². The molecule has 1 heterocycles. The molecule has 3 rings (SSSR count). The number of nitrogens with zero attached hydrogens (tertiary/aromatic N) is 1. The van der Waals surface area contributed by atoms with Gasteiger partial charge < -0.3 is 15.8 Å². The van der Waals surface area contributed by atoms with Crippen molar-refractivity contribution in [3.63, 3.8) is 0 Å².